The van der Waals surface area contributed by atoms with Gasteiger partial charge in [0.1, 0.15) is 17.2 Å². The fraction of sp³-hybridized carbons (Fsp3) is 0.143. The summed E-state index contributed by atoms with van der Waals surface area (Å²) in [7, 11) is 1.63. The highest BCUT2D eigenvalue weighted by Crippen LogP contribution is 2.27. The van der Waals surface area contributed by atoms with E-state index in [1.54, 1.807) is 13.2 Å². The Morgan fingerprint density at radius 2 is 1.71 bits per heavy atom. The predicted octanol–water partition coefficient (Wildman–Crippen LogP) is 3.38. The summed E-state index contributed by atoms with van der Waals surface area (Å²) in [6.07, 6.45) is 0. The van der Waals surface area contributed by atoms with Crippen molar-refractivity contribution in [3.05, 3.63) is 48.0 Å². The number of aryl methyl sites for hydroxylation is 1. The first kappa shape index (κ1) is 11.3. The minimum absolute atomic E-state index is 0.697. The van der Waals surface area contributed by atoms with E-state index < -0.39 is 0 Å². The van der Waals surface area contributed by atoms with Gasteiger partial charge in [0.25, 0.3) is 0 Å². The minimum atomic E-state index is 0.697. The van der Waals surface area contributed by atoms with Gasteiger partial charge in [-0.15, -0.1) is 0 Å². The van der Waals surface area contributed by atoms with Gasteiger partial charge in [0.05, 0.1) is 7.11 Å². The zero-order valence-corrected chi connectivity index (χ0v) is 9.94. The van der Waals surface area contributed by atoms with Crippen molar-refractivity contribution in [2.45, 2.75) is 6.92 Å². The van der Waals surface area contributed by atoms with Crippen LogP contribution in [0.4, 0.5) is 5.69 Å². The molecule has 17 heavy (non-hydrogen) atoms. The smallest absolute Gasteiger partial charge is 0.131 e. The van der Waals surface area contributed by atoms with Gasteiger partial charge in [-0.3, -0.25) is 0 Å². The summed E-state index contributed by atoms with van der Waals surface area (Å²) >= 11 is 0. The van der Waals surface area contributed by atoms with Gasteiger partial charge in [-0.1, -0.05) is 6.07 Å². The largest absolute Gasteiger partial charge is 0.497 e. The molecule has 0 aromatic heterocycles. The van der Waals surface area contributed by atoms with Crippen LogP contribution in [0.1, 0.15) is 5.56 Å². The Labute approximate surface area is 101 Å². The number of hydrogen-bond donors (Lipinski definition) is 1. The molecule has 2 rings (SSSR count). The van der Waals surface area contributed by atoms with Gasteiger partial charge in [-0.05, 0) is 36.8 Å². The van der Waals surface area contributed by atoms with Gasteiger partial charge in [0, 0.05) is 17.8 Å². The maximum absolute atomic E-state index is 5.76. The summed E-state index contributed by atoms with van der Waals surface area (Å²) in [4.78, 5) is 0. The first-order valence-corrected chi connectivity index (χ1v) is 5.36. The molecule has 0 aliphatic heterocycles. The number of anilines is 1. The highest BCUT2D eigenvalue weighted by molar-refractivity contribution is 5.48. The fourth-order valence-corrected chi connectivity index (χ4v) is 1.64. The topological polar surface area (TPSA) is 44.5 Å². The molecule has 3 heteroatoms. The second-order valence-corrected chi connectivity index (χ2v) is 3.86. The van der Waals surface area contributed by atoms with Crippen molar-refractivity contribution < 1.29 is 9.47 Å². The summed E-state index contributed by atoms with van der Waals surface area (Å²) in [6.45, 7) is 1.98. The lowest BCUT2D eigenvalue weighted by Gasteiger charge is -2.08. The molecule has 0 spiro atoms. The SMILES string of the molecule is COc1cccc(Oc2cc(C)cc(N)c2)c1. The average Bonchev–Trinajstić information content (AvgIpc) is 2.28. The summed E-state index contributed by atoms with van der Waals surface area (Å²) in [5.74, 6) is 2.23. The molecule has 0 amide bonds. The normalized spacial score (nSPS) is 10.0. The predicted molar refractivity (Wildman–Crippen MR) is 68.7 cm³/mol. The van der Waals surface area contributed by atoms with Gasteiger partial charge >= 0.3 is 0 Å². The van der Waals surface area contributed by atoms with Crippen LogP contribution in [0.2, 0.25) is 0 Å². The molecule has 0 heterocycles. The van der Waals surface area contributed by atoms with Gasteiger partial charge in [0.2, 0.25) is 0 Å². The zero-order chi connectivity index (χ0) is 12.3. The van der Waals surface area contributed by atoms with E-state index in [-0.39, 0.29) is 0 Å². The second kappa shape index (κ2) is 4.78. The molecule has 0 aliphatic carbocycles. The summed E-state index contributed by atoms with van der Waals surface area (Å²) in [5.41, 5.74) is 7.53. The van der Waals surface area contributed by atoms with Crippen molar-refractivity contribution in [3.63, 3.8) is 0 Å². The van der Waals surface area contributed by atoms with Crippen LogP contribution in [-0.4, -0.2) is 7.11 Å². The molecular formula is C14H15NO2. The molecule has 2 N–H and O–H groups in total. The van der Waals surface area contributed by atoms with Gasteiger partial charge in [-0.25, -0.2) is 0 Å². The van der Waals surface area contributed by atoms with E-state index in [1.807, 2.05) is 43.3 Å². The molecule has 2 aromatic rings. The lowest BCUT2D eigenvalue weighted by Crippen LogP contribution is -1.90. The van der Waals surface area contributed by atoms with Crippen molar-refractivity contribution in [1.82, 2.24) is 0 Å². The lowest BCUT2D eigenvalue weighted by atomic mass is 10.2. The number of ether oxygens (including phenoxy) is 2. The summed E-state index contributed by atoms with van der Waals surface area (Å²) < 4.78 is 10.9. The number of nitrogen functional groups attached to an aromatic ring is 1. The fourth-order valence-electron chi connectivity index (χ4n) is 1.64. The Balaban J connectivity index is 2.24. The highest BCUT2D eigenvalue weighted by Gasteiger charge is 2.01. The molecule has 0 unspecified atom stereocenters. The van der Waals surface area contributed by atoms with E-state index in [0.717, 1.165) is 22.8 Å². The number of benzene rings is 2. The van der Waals surface area contributed by atoms with Crippen LogP contribution >= 0.6 is 0 Å². The quantitative estimate of drug-likeness (QED) is 0.820. The van der Waals surface area contributed by atoms with E-state index >= 15 is 0 Å². The number of rotatable bonds is 3. The summed E-state index contributed by atoms with van der Waals surface area (Å²) in [5, 5.41) is 0. The molecule has 88 valence electrons. The van der Waals surface area contributed by atoms with Gasteiger partial charge in [-0.2, -0.15) is 0 Å². The standard InChI is InChI=1S/C14H15NO2/c1-10-6-11(15)8-14(7-10)17-13-5-3-4-12(9-13)16-2/h3-9H,15H2,1-2H3. The third kappa shape index (κ3) is 2.91. The molecule has 0 fully saturated rings. The Kier molecular flexibility index (Phi) is 3.19. The molecule has 0 saturated carbocycles. The second-order valence-electron chi connectivity index (χ2n) is 3.86. The number of methoxy groups -OCH3 is 1. The van der Waals surface area contributed by atoms with Crippen LogP contribution in [0.25, 0.3) is 0 Å². The molecule has 3 nitrogen and oxygen atoms in total. The van der Waals surface area contributed by atoms with Crippen molar-refractivity contribution in [2.75, 3.05) is 12.8 Å². The molecule has 0 bridgehead atoms. The Bertz CT molecular complexity index is 503. The van der Waals surface area contributed by atoms with Crippen LogP contribution in [-0.2, 0) is 0 Å². The first-order valence-electron chi connectivity index (χ1n) is 5.36. The molecule has 0 saturated heterocycles. The molecule has 2 aromatic carbocycles. The van der Waals surface area contributed by atoms with Crippen LogP contribution in [0.15, 0.2) is 42.5 Å². The molecular weight excluding hydrogens is 214 g/mol. The van der Waals surface area contributed by atoms with E-state index in [0.29, 0.717) is 5.69 Å². The number of hydrogen-bond acceptors (Lipinski definition) is 3. The van der Waals surface area contributed by atoms with Crippen LogP contribution in [0.3, 0.4) is 0 Å². The maximum Gasteiger partial charge on any atom is 0.131 e. The van der Waals surface area contributed by atoms with Crippen molar-refractivity contribution in [1.29, 1.82) is 0 Å². The molecule has 0 radical (unpaired) electrons. The van der Waals surface area contributed by atoms with E-state index in [1.165, 1.54) is 0 Å². The zero-order valence-electron chi connectivity index (χ0n) is 9.94. The first-order chi connectivity index (χ1) is 8.17. The number of nitrogens with two attached hydrogens (primary N) is 1. The van der Waals surface area contributed by atoms with E-state index in [2.05, 4.69) is 0 Å². The van der Waals surface area contributed by atoms with Crippen molar-refractivity contribution in [2.24, 2.45) is 0 Å². The Morgan fingerprint density at radius 1 is 0.941 bits per heavy atom. The summed E-state index contributed by atoms with van der Waals surface area (Å²) in [6, 6.07) is 13.1. The van der Waals surface area contributed by atoms with Gasteiger partial charge in [0.15, 0.2) is 0 Å². The van der Waals surface area contributed by atoms with Crippen LogP contribution in [0, 0.1) is 6.92 Å². The van der Waals surface area contributed by atoms with Crippen molar-refractivity contribution >= 4 is 5.69 Å². The molecule has 0 atom stereocenters. The maximum atomic E-state index is 5.76. The van der Waals surface area contributed by atoms with Crippen molar-refractivity contribution in [3.8, 4) is 17.2 Å². The minimum Gasteiger partial charge on any atom is -0.497 e. The third-order valence-corrected chi connectivity index (χ3v) is 2.35. The monoisotopic (exact) mass is 229 g/mol. The van der Waals surface area contributed by atoms with Gasteiger partial charge < -0.3 is 15.2 Å². The van der Waals surface area contributed by atoms with Crippen LogP contribution < -0.4 is 15.2 Å². The lowest BCUT2D eigenvalue weighted by molar-refractivity contribution is 0.409. The van der Waals surface area contributed by atoms with E-state index in [4.69, 9.17) is 15.2 Å². The highest BCUT2D eigenvalue weighted by atomic mass is 16.5. The van der Waals surface area contributed by atoms with Crippen LogP contribution in [0.5, 0.6) is 17.2 Å². The Hall–Kier alpha value is -2.16. The van der Waals surface area contributed by atoms with E-state index in [9.17, 15) is 0 Å². The Morgan fingerprint density at radius 3 is 2.41 bits per heavy atom. The average molecular weight is 229 g/mol. The molecule has 0 aliphatic rings. The third-order valence-electron chi connectivity index (χ3n) is 2.35.